The fraction of sp³-hybridized carbons (Fsp3) is 0.588. The number of aromatic nitrogens is 4. The Hall–Kier alpha value is -2.11. The van der Waals surface area contributed by atoms with Crippen LogP contribution in [0.3, 0.4) is 0 Å². The second-order valence-electron chi connectivity index (χ2n) is 6.70. The third kappa shape index (κ3) is 2.90. The first-order chi connectivity index (χ1) is 11.0. The van der Waals surface area contributed by atoms with Gasteiger partial charge in [0.05, 0.1) is 6.04 Å². The molecule has 1 aliphatic carbocycles. The normalized spacial score (nSPS) is 15.5. The third-order valence-corrected chi connectivity index (χ3v) is 4.67. The quantitative estimate of drug-likeness (QED) is 0.940. The number of rotatable bonds is 4. The Morgan fingerprint density at radius 1 is 1.26 bits per heavy atom. The zero-order valence-corrected chi connectivity index (χ0v) is 14.3. The second kappa shape index (κ2) is 6.18. The van der Waals surface area contributed by atoms with Crippen molar-refractivity contribution in [2.24, 2.45) is 20.0 Å². The number of fused-ring (bicyclic) bond motifs is 1. The van der Waals surface area contributed by atoms with Gasteiger partial charge in [-0.25, -0.2) is 4.98 Å². The fourth-order valence-corrected chi connectivity index (χ4v) is 3.37. The van der Waals surface area contributed by atoms with Crippen molar-refractivity contribution in [3.63, 3.8) is 0 Å². The van der Waals surface area contributed by atoms with Gasteiger partial charge in [-0.2, -0.15) is 5.10 Å². The number of imidazole rings is 1. The topological polar surface area (TPSA) is 64.7 Å². The van der Waals surface area contributed by atoms with Crippen LogP contribution in [0.5, 0.6) is 0 Å². The van der Waals surface area contributed by atoms with Gasteiger partial charge in [-0.1, -0.05) is 13.8 Å². The first-order valence-corrected chi connectivity index (χ1v) is 8.32. The summed E-state index contributed by atoms with van der Waals surface area (Å²) in [4.78, 5) is 17.2. The molecule has 6 heteroatoms. The van der Waals surface area contributed by atoms with Crippen molar-refractivity contribution in [1.82, 2.24) is 24.6 Å². The SMILES string of the molecule is CC(C)[C@@H](NC(=O)c1nn(C)c2c1CCCC2)c1nccn1C. The molecule has 2 heterocycles. The maximum absolute atomic E-state index is 12.8. The summed E-state index contributed by atoms with van der Waals surface area (Å²) >= 11 is 0. The molecule has 2 aromatic heterocycles. The molecule has 6 nitrogen and oxygen atoms in total. The van der Waals surface area contributed by atoms with Gasteiger partial charge in [0.1, 0.15) is 5.82 Å². The summed E-state index contributed by atoms with van der Waals surface area (Å²) in [5, 5.41) is 7.63. The molecule has 0 saturated carbocycles. The molecular formula is C17H25N5O. The lowest BCUT2D eigenvalue weighted by molar-refractivity contribution is 0.0915. The van der Waals surface area contributed by atoms with E-state index in [4.69, 9.17) is 0 Å². The Morgan fingerprint density at radius 2 is 2.00 bits per heavy atom. The maximum atomic E-state index is 12.8. The van der Waals surface area contributed by atoms with E-state index in [0.29, 0.717) is 5.69 Å². The van der Waals surface area contributed by atoms with E-state index in [0.717, 1.165) is 30.7 Å². The van der Waals surface area contributed by atoms with E-state index in [2.05, 4.69) is 29.2 Å². The summed E-state index contributed by atoms with van der Waals surface area (Å²) in [5.74, 6) is 1.03. The molecule has 2 aromatic rings. The van der Waals surface area contributed by atoms with Crippen LogP contribution < -0.4 is 5.32 Å². The number of amides is 1. The smallest absolute Gasteiger partial charge is 0.272 e. The summed E-state index contributed by atoms with van der Waals surface area (Å²) < 4.78 is 3.83. The van der Waals surface area contributed by atoms with Crippen molar-refractivity contribution in [2.45, 2.75) is 45.6 Å². The molecule has 23 heavy (non-hydrogen) atoms. The van der Waals surface area contributed by atoms with Crippen LogP contribution in [-0.4, -0.2) is 25.2 Å². The van der Waals surface area contributed by atoms with E-state index in [1.165, 1.54) is 12.1 Å². The Bertz CT molecular complexity index is 713. The molecule has 1 aliphatic rings. The van der Waals surface area contributed by atoms with Crippen LogP contribution in [0.15, 0.2) is 12.4 Å². The minimum absolute atomic E-state index is 0.0922. The zero-order chi connectivity index (χ0) is 16.6. The predicted octanol–water partition coefficient (Wildman–Crippen LogP) is 2.16. The lowest BCUT2D eigenvalue weighted by Crippen LogP contribution is -2.34. The average Bonchev–Trinajstić information content (AvgIpc) is 3.09. The number of carbonyl (C=O) groups is 1. The summed E-state index contributed by atoms with van der Waals surface area (Å²) in [7, 11) is 3.88. The predicted molar refractivity (Wildman–Crippen MR) is 88.1 cm³/mol. The Balaban J connectivity index is 1.87. The number of hydrogen-bond acceptors (Lipinski definition) is 3. The summed E-state index contributed by atoms with van der Waals surface area (Å²) in [6.07, 6.45) is 7.93. The van der Waals surface area contributed by atoms with Crippen LogP contribution >= 0.6 is 0 Å². The van der Waals surface area contributed by atoms with Gasteiger partial charge in [0, 0.05) is 37.7 Å². The van der Waals surface area contributed by atoms with Crippen molar-refractivity contribution in [3.8, 4) is 0 Å². The zero-order valence-electron chi connectivity index (χ0n) is 14.3. The van der Waals surface area contributed by atoms with Crippen LogP contribution in [0, 0.1) is 5.92 Å². The number of hydrogen-bond donors (Lipinski definition) is 1. The third-order valence-electron chi connectivity index (χ3n) is 4.67. The van der Waals surface area contributed by atoms with E-state index in [1.807, 2.05) is 29.5 Å². The average molecular weight is 315 g/mol. The molecule has 1 atom stereocenters. The summed E-state index contributed by atoms with van der Waals surface area (Å²) in [6, 6.07) is -0.122. The van der Waals surface area contributed by atoms with Gasteiger partial charge in [-0.3, -0.25) is 9.48 Å². The van der Waals surface area contributed by atoms with Crippen LogP contribution in [0.4, 0.5) is 0 Å². The van der Waals surface area contributed by atoms with E-state index in [9.17, 15) is 4.79 Å². The van der Waals surface area contributed by atoms with Crippen LogP contribution in [0.25, 0.3) is 0 Å². The molecule has 0 spiro atoms. The van der Waals surface area contributed by atoms with Crippen molar-refractivity contribution >= 4 is 5.91 Å². The number of nitrogens with one attached hydrogen (secondary N) is 1. The molecule has 0 fully saturated rings. The summed E-state index contributed by atoms with van der Waals surface area (Å²) in [6.45, 7) is 4.18. The van der Waals surface area contributed by atoms with Gasteiger partial charge in [-0.05, 0) is 31.6 Å². The molecule has 0 aliphatic heterocycles. The fourth-order valence-electron chi connectivity index (χ4n) is 3.37. The number of carbonyl (C=O) groups excluding carboxylic acids is 1. The first kappa shape index (κ1) is 15.8. The molecule has 0 unspecified atom stereocenters. The van der Waals surface area contributed by atoms with Gasteiger partial charge in [-0.15, -0.1) is 0 Å². The Kier molecular flexibility index (Phi) is 4.24. The van der Waals surface area contributed by atoms with Gasteiger partial charge < -0.3 is 9.88 Å². The molecule has 124 valence electrons. The molecule has 0 radical (unpaired) electrons. The molecule has 1 N–H and O–H groups in total. The standard InChI is InChI=1S/C17H25N5O/c1-11(2)14(16-18-9-10-21(16)3)19-17(23)15-12-7-5-6-8-13(12)22(4)20-15/h9-11,14H,5-8H2,1-4H3,(H,19,23)/t14-/m1/s1. The van der Waals surface area contributed by atoms with Gasteiger partial charge in [0.25, 0.3) is 5.91 Å². The van der Waals surface area contributed by atoms with Crippen molar-refractivity contribution in [1.29, 1.82) is 0 Å². The minimum Gasteiger partial charge on any atom is -0.340 e. The molecule has 0 aromatic carbocycles. The number of aryl methyl sites for hydroxylation is 2. The molecular weight excluding hydrogens is 290 g/mol. The molecule has 1 amide bonds. The van der Waals surface area contributed by atoms with Gasteiger partial charge >= 0.3 is 0 Å². The highest BCUT2D eigenvalue weighted by Crippen LogP contribution is 2.25. The largest absolute Gasteiger partial charge is 0.340 e. The van der Waals surface area contributed by atoms with Crippen molar-refractivity contribution < 1.29 is 4.79 Å². The first-order valence-electron chi connectivity index (χ1n) is 8.32. The Labute approximate surface area is 136 Å². The highest BCUT2D eigenvalue weighted by atomic mass is 16.2. The van der Waals surface area contributed by atoms with E-state index < -0.39 is 0 Å². The number of nitrogens with zero attached hydrogens (tertiary/aromatic N) is 4. The molecule has 0 saturated heterocycles. The van der Waals surface area contributed by atoms with E-state index >= 15 is 0 Å². The monoisotopic (exact) mass is 315 g/mol. The van der Waals surface area contributed by atoms with Crippen LogP contribution in [0.1, 0.15) is 60.3 Å². The Morgan fingerprint density at radius 3 is 2.65 bits per heavy atom. The minimum atomic E-state index is -0.122. The molecule has 0 bridgehead atoms. The highest BCUT2D eigenvalue weighted by molar-refractivity contribution is 5.94. The van der Waals surface area contributed by atoms with Crippen molar-refractivity contribution in [3.05, 3.63) is 35.2 Å². The lowest BCUT2D eigenvalue weighted by atomic mass is 9.95. The van der Waals surface area contributed by atoms with E-state index in [1.54, 1.807) is 6.20 Å². The summed E-state index contributed by atoms with van der Waals surface area (Å²) in [5.41, 5.74) is 2.92. The van der Waals surface area contributed by atoms with E-state index in [-0.39, 0.29) is 17.9 Å². The van der Waals surface area contributed by atoms with Gasteiger partial charge in [0.15, 0.2) is 5.69 Å². The molecule has 3 rings (SSSR count). The van der Waals surface area contributed by atoms with Crippen molar-refractivity contribution in [2.75, 3.05) is 0 Å². The maximum Gasteiger partial charge on any atom is 0.272 e. The lowest BCUT2D eigenvalue weighted by Gasteiger charge is -2.22. The van der Waals surface area contributed by atoms with Crippen LogP contribution in [0.2, 0.25) is 0 Å². The second-order valence-corrected chi connectivity index (χ2v) is 6.70. The van der Waals surface area contributed by atoms with Crippen LogP contribution in [-0.2, 0) is 26.9 Å². The van der Waals surface area contributed by atoms with Gasteiger partial charge in [0.2, 0.25) is 0 Å². The highest BCUT2D eigenvalue weighted by Gasteiger charge is 2.28.